The third kappa shape index (κ3) is 11.7. The third-order valence-electron chi connectivity index (χ3n) is 13.5. The van der Waals surface area contributed by atoms with E-state index < -0.39 is 107 Å². The number of allylic oxidation sites excluding steroid dienone is 3. The zero-order valence-electron chi connectivity index (χ0n) is 36.2. The first-order chi connectivity index (χ1) is 26.5. The lowest BCUT2D eigenvalue weighted by atomic mass is 9.74. The topological polar surface area (TPSA) is 200 Å². The summed E-state index contributed by atoms with van der Waals surface area (Å²) in [7, 11) is 0. The zero-order chi connectivity index (χ0) is 43.2. The number of carbonyl (C=O) groups is 3. The van der Waals surface area contributed by atoms with Crippen LogP contribution in [0.4, 0.5) is 0 Å². The quantitative estimate of drug-likeness (QED) is 0.212. The highest BCUT2D eigenvalue weighted by Crippen LogP contribution is 2.49. The Labute approximate surface area is 340 Å². The molecule has 0 aromatic rings. The van der Waals surface area contributed by atoms with Gasteiger partial charge in [-0.15, -0.1) is 0 Å². The lowest BCUT2D eigenvalue weighted by molar-refractivity contribution is -0.372. The number of aliphatic hydroxyl groups is 6. The predicted molar refractivity (Wildman–Crippen MR) is 216 cm³/mol. The Bertz CT molecular complexity index is 1420. The van der Waals surface area contributed by atoms with E-state index in [-0.39, 0.29) is 30.3 Å². The fourth-order valence-electron chi connectivity index (χ4n) is 9.07. The van der Waals surface area contributed by atoms with Crippen LogP contribution in [-0.2, 0) is 28.6 Å². The van der Waals surface area contributed by atoms with Crippen molar-refractivity contribution in [3.8, 4) is 0 Å². The molecule has 3 rings (SSSR count). The van der Waals surface area contributed by atoms with Crippen molar-refractivity contribution in [3.63, 3.8) is 0 Å². The van der Waals surface area contributed by atoms with Crippen molar-refractivity contribution >= 4 is 17.5 Å². The Hall–Kier alpha value is -2.29. The molecule has 12 nitrogen and oxygen atoms in total. The van der Waals surface area contributed by atoms with Gasteiger partial charge in [0.25, 0.3) is 0 Å². The molecule has 1 unspecified atom stereocenters. The number of aliphatic hydroxyl groups excluding tert-OH is 5. The van der Waals surface area contributed by atoms with Gasteiger partial charge < -0.3 is 44.8 Å². The fraction of sp³-hybridized carbons (Fsp3) is 0.800. The summed E-state index contributed by atoms with van der Waals surface area (Å²) in [6.07, 6.45) is 5.74. The van der Waals surface area contributed by atoms with E-state index in [2.05, 4.69) is 6.92 Å². The highest BCUT2D eigenvalue weighted by molar-refractivity contribution is 5.91. The maximum Gasteiger partial charge on any atom is 0.330 e. The molecule has 6 N–H and O–H groups in total. The number of ether oxygens (including phenoxy) is 3. The molecule has 2 fully saturated rings. The van der Waals surface area contributed by atoms with Crippen LogP contribution in [0, 0.1) is 53.3 Å². The minimum absolute atomic E-state index is 0.164. The number of fused-ring (bicyclic) bond motifs is 2. The Kier molecular flexibility index (Phi) is 17.9. The van der Waals surface area contributed by atoms with Crippen LogP contribution in [0.1, 0.15) is 115 Å². The SMILES string of the molecule is CCC1/C=C/C=C/C[C@@H](C)[C@H](O)[C@@](C)(O)C(=O)[C@@H](C)[C@H](O)[C@@H](C)C(=O)[C@@H](C)[C@H](O)[C@@H](C)/C=C/C(=O)O[C@@H]2[C@H](C)[C@H](C[C@H]1O)O[C@]1(CC[C@H](C)[C@H](C[C@@H](C)O)O1)[C@H]2C. The summed E-state index contributed by atoms with van der Waals surface area (Å²) >= 11 is 0. The molecule has 57 heavy (non-hydrogen) atoms. The number of ketones is 2. The Morgan fingerprint density at radius 3 is 2.11 bits per heavy atom. The lowest BCUT2D eigenvalue weighted by Crippen LogP contribution is -2.62. The fourth-order valence-corrected chi connectivity index (χ4v) is 9.07. The van der Waals surface area contributed by atoms with Crippen LogP contribution < -0.4 is 0 Å². The molecule has 2 saturated heterocycles. The van der Waals surface area contributed by atoms with Crippen LogP contribution >= 0.6 is 0 Å². The summed E-state index contributed by atoms with van der Waals surface area (Å²) in [4.78, 5) is 40.6. The number of hydrogen-bond donors (Lipinski definition) is 6. The maximum atomic E-state index is 13.5. The van der Waals surface area contributed by atoms with E-state index in [0.717, 1.165) is 6.42 Å². The molecule has 1 spiro atoms. The monoisotopic (exact) mass is 807 g/mol. The van der Waals surface area contributed by atoms with Crippen LogP contribution in [0.25, 0.3) is 0 Å². The van der Waals surface area contributed by atoms with Crippen LogP contribution in [0.3, 0.4) is 0 Å². The third-order valence-corrected chi connectivity index (χ3v) is 13.5. The van der Waals surface area contributed by atoms with Crippen molar-refractivity contribution in [2.45, 2.75) is 175 Å². The Morgan fingerprint density at radius 2 is 1.49 bits per heavy atom. The van der Waals surface area contributed by atoms with Crippen molar-refractivity contribution in [1.82, 2.24) is 0 Å². The maximum absolute atomic E-state index is 13.5. The van der Waals surface area contributed by atoms with E-state index in [4.69, 9.17) is 14.2 Å². The highest BCUT2D eigenvalue weighted by atomic mass is 16.7. The number of esters is 1. The molecule has 0 aliphatic carbocycles. The van der Waals surface area contributed by atoms with E-state index in [1.54, 1.807) is 32.9 Å². The zero-order valence-corrected chi connectivity index (χ0v) is 36.2. The second-order valence-electron chi connectivity index (χ2n) is 18.1. The largest absolute Gasteiger partial charge is 0.458 e. The molecule has 326 valence electrons. The smallest absolute Gasteiger partial charge is 0.330 e. The van der Waals surface area contributed by atoms with Crippen LogP contribution in [-0.4, -0.2) is 108 Å². The molecule has 0 saturated carbocycles. The predicted octanol–water partition coefficient (Wildman–Crippen LogP) is 4.85. The summed E-state index contributed by atoms with van der Waals surface area (Å²) < 4.78 is 19.8. The number of carbonyl (C=O) groups excluding carboxylic acids is 3. The van der Waals surface area contributed by atoms with Gasteiger partial charge in [0.1, 0.15) is 17.5 Å². The van der Waals surface area contributed by atoms with Gasteiger partial charge in [0.15, 0.2) is 11.6 Å². The molecular weight excluding hydrogens is 732 g/mol. The van der Waals surface area contributed by atoms with Crippen LogP contribution in [0.5, 0.6) is 0 Å². The van der Waals surface area contributed by atoms with Gasteiger partial charge >= 0.3 is 5.97 Å². The molecule has 12 heteroatoms. The normalized spacial score (nSPS) is 47.5. The summed E-state index contributed by atoms with van der Waals surface area (Å²) in [5, 5.41) is 66.7. The van der Waals surface area contributed by atoms with Crippen molar-refractivity contribution in [2.24, 2.45) is 53.3 Å². The van der Waals surface area contributed by atoms with Gasteiger partial charge in [-0.05, 0) is 51.4 Å². The number of Topliss-reactive ketones (excluding diaryl/α,β-unsaturated/α-hetero) is 2. The van der Waals surface area contributed by atoms with E-state index in [1.165, 1.54) is 39.8 Å². The van der Waals surface area contributed by atoms with Crippen molar-refractivity contribution in [2.75, 3.05) is 0 Å². The summed E-state index contributed by atoms with van der Waals surface area (Å²) in [6.45, 7) is 18.6. The molecule has 0 radical (unpaired) electrons. The molecule has 3 aliphatic heterocycles. The number of rotatable bonds is 3. The van der Waals surface area contributed by atoms with E-state index in [0.29, 0.717) is 25.7 Å². The van der Waals surface area contributed by atoms with E-state index >= 15 is 0 Å². The van der Waals surface area contributed by atoms with Crippen molar-refractivity contribution in [1.29, 1.82) is 0 Å². The first-order valence-corrected chi connectivity index (χ1v) is 21.3. The van der Waals surface area contributed by atoms with Gasteiger partial charge in [-0.1, -0.05) is 92.7 Å². The molecule has 0 aromatic carbocycles. The average molecular weight is 807 g/mol. The minimum Gasteiger partial charge on any atom is -0.458 e. The van der Waals surface area contributed by atoms with Crippen LogP contribution in [0.15, 0.2) is 36.5 Å². The minimum atomic E-state index is -2.22. The Morgan fingerprint density at radius 1 is 0.860 bits per heavy atom. The second kappa shape index (κ2) is 20.8. The lowest BCUT2D eigenvalue weighted by Gasteiger charge is -2.55. The van der Waals surface area contributed by atoms with Gasteiger partial charge in [0, 0.05) is 60.3 Å². The first kappa shape index (κ1) is 49.1. The average Bonchev–Trinajstić information content (AvgIpc) is 3.17. The van der Waals surface area contributed by atoms with Crippen molar-refractivity contribution in [3.05, 3.63) is 36.5 Å². The summed E-state index contributed by atoms with van der Waals surface area (Å²) in [6, 6.07) is 0. The molecule has 3 heterocycles. The number of hydrogen-bond acceptors (Lipinski definition) is 12. The second-order valence-corrected chi connectivity index (χ2v) is 18.1. The molecular formula is C45H74O12. The van der Waals surface area contributed by atoms with Crippen molar-refractivity contribution < 1.29 is 59.2 Å². The molecule has 0 amide bonds. The summed E-state index contributed by atoms with van der Waals surface area (Å²) in [5.74, 6) is -8.49. The van der Waals surface area contributed by atoms with Gasteiger partial charge in [-0.25, -0.2) is 4.79 Å². The highest BCUT2D eigenvalue weighted by Gasteiger charge is 2.56. The van der Waals surface area contributed by atoms with E-state index in [9.17, 15) is 45.0 Å². The molecule has 3 aliphatic rings. The van der Waals surface area contributed by atoms with Gasteiger partial charge in [0.2, 0.25) is 0 Å². The van der Waals surface area contributed by atoms with Gasteiger partial charge in [0.05, 0.1) is 42.7 Å². The standard InChI is InChI=1S/C45H74O12/c1-12-33-17-15-13-14-16-26(4)42(52)44(11,54)43(53)31(9)40(51)30(8)39(50)29(7)38(49)25(3)18-19-37(48)55-41-28(6)36(23-34(33)47)57-45(32(41)10)21-20-24(2)35(56-45)22-27(5)46/h13-15,17-19,24-36,38,40-42,46-47,49,51-52,54H,12,16,20-23H2,1-11H3/b14-13+,17-15+,19-18+/t24-,25-,26+,27+,28+,29-,30-,31-,32-,33?,34+,35-,36-,38+,40+,41+,42-,44+,45+/m0/s1. The Balaban J connectivity index is 2.02. The summed E-state index contributed by atoms with van der Waals surface area (Å²) in [5.41, 5.74) is -2.22. The van der Waals surface area contributed by atoms with Crippen LogP contribution in [0.2, 0.25) is 0 Å². The van der Waals surface area contributed by atoms with E-state index in [1.807, 2.05) is 32.9 Å². The molecule has 2 bridgehead atoms. The first-order valence-electron chi connectivity index (χ1n) is 21.3. The molecule has 0 aromatic heterocycles. The molecule has 19 atom stereocenters. The van der Waals surface area contributed by atoms with Gasteiger partial charge in [-0.2, -0.15) is 0 Å². The van der Waals surface area contributed by atoms with Gasteiger partial charge in [-0.3, -0.25) is 9.59 Å².